The molecule has 0 aliphatic heterocycles. The third-order valence-corrected chi connectivity index (χ3v) is 3.39. The van der Waals surface area contributed by atoms with E-state index in [9.17, 15) is 14.7 Å². The van der Waals surface area contributed by atoms with Crippen LogP contribution in [0.15, 0.2) is 48.5 Å². The molecule has 2 aromatic carbocycles. The van der Waals surface area contributed by atoms with Crippen molar-refractivity contribution in [3.05, 3.63) is 65.2 Å². The van der Waals surface area contributed by atoms with Crippen LogP contribution in [0.4, 0.5) is 5.69 Å². The Labute approximate surface area is 158 Å². The van der Waals surface area contributed by atoms with E-state index in [2.05, 4.69) is 5.32 Å². The van der Waals surface area contributed by atoms with Gasteiger partial charge in [0.15, 0.2) is 0 Å². The van der Waals surface area contributed by atoms with Gasteiger partial charge in [-0.05, 0) is 30.5 Å². The van der Waals surface area contributed by atoms with Crippen LogP contribution in [0, 0.1) is 6.92 Å². The van der Waals surface area contributed by atoms with Crippen molar-refractivity contribution in [2.45, 2.75) is 26.2 Å². The summed E-state index contributed by atoms with van der Waals surface area (Å²) >= 11 is 0. The number of aliphatic carboxylic acids is 1. The molecule has 0 bridgehead atoms. The first kappa shape index (κ1) is 19.4. The zero-order chi connectivity index (χ0) is 15.9. The van der Waals surface area contributed by atoms with Crippen molar-refractivity contribution in [3.63, 3.8) is 0 Å². The minimum Gasteiger partial charge on any atom is -0.550 e. The Hall–Kier alpha value is -1.62. The fourth-order valence-electron chi connectivity index (χ4n) is 2.18. The van der Waals surface area contributed by atoms with Crippen molar-refractivity contribution in [2.75, 3.05) is 5.32 Å². The molecule has 0 radical (unpaired) electrons. The summed E-state index contributed by atoms with van der Waals surface area (Å²) in [6, 6.07) is 14.9. The van der Waals surface area contributed by atoms with Crippen molar-refractivity contribution >= 4 is 17.6 Å². The Balaban J connectivity index is 0.00000264. The molecule has 0 fully saturated rings. The first-order chi connectivity index (χ1) is 10.5. The van der Waals surface area contributed by atoms with Crippen LogP contribution in [0.25, 0.3) is 0 Å². The van der Waals surface area contributed by atoms with E-state index in [1.807, 2.05) is 31.2 Å². The zero-order valence-electron chi connectivity index (χ0n) is 13.5. The van der Waals surface area contributed by atoms with Gasteiger partial charge in [0.1, 0.15) is 0 Å². The number of carboxylic acid groups (broad SMARTS) is 1. The fourth-order valence-corrected chi connectivity index (χ4v) is 2.18. The second-order valence-corrected chi connectivity index (χ2v) is 5.24. The average molecular weight is 319 g/mol. The molecular weight excluding hydrogens is 301 g/mol. The number of amides is 1. The largest absolute Gasteiger partial charge is 1.00 e. The Morgan fingerprint density at radius 3 is 2.35 bits per heavy atom. The monoisotopic (exact) mass is 319 g/mol. The summed E-state index contributed by atoms with van der Waals surface area (Å²) in [7, 11) is 0. The number of hydrogen-bond acceptors (Lipinski definition) is 3. The number of para-hydroxylation sites is 1. The van der Waals surface area contributed by atoms with Gasteiger partial charge in [-0.3, -0.25) is 4.79 Å². The number of nitrogens with one attached hydrogen (secondary N) is 1. The van der Waals surface area contributed by atoms with Gasteiger partial charge in [0, 0.05) is 24.5 Å². The molecule has 1 N–H and O–H groups in total. The molecule has 1 amide bonds. The Morgan fingerprint density at radius 1 is 1.04 bits per heavy atom. The summed E-state index contributed by atoms with van der Waals surface area (Å²) in [6.45, 7) is 2.02. The van der Waals surface area contributed by atoms with Gasteiger partial charge in [-0.25, -0.2) is 0 Å². The van der Waals surface area contributed by atoms with E-state index < -0.39 is 5.97 Å². The first-order valence-corrected chi connectivity index (χ1v) is 7.18. The summed E-state index contributed by atoms with van der Waals surface area (Å²) < 4.78 is 0. The quantitative estimate of drug-likeness (QED) is 0.685. The normalized spacial score (nSPS) is 9.78. The van der Waals surface area contributed by atoms with Gasteiger partial charge in [-0.2, -0.15) is 0 Å². The SMILES string of the molecule is Cc1ccc(CCC(=O)Nc2ccccc2CC(=O)[O-])cc1.[Na+]. The van der Waals surface area contributed by atoms with Crippen LogP contribution < -0.4 is 40.0 Å². The van der Waals surface area contributed by atoms with Crippen LogP contribution in [-0.2, 0) is 22.4 Å². The summed E-state index contributed by atoms with van der Waals surface area (Å²) in [6.07, 6.45) is 0.784. The van der Waals surface area contributed by atoms with E-state index in [0.717, 1.165) is 5.56 Å². The number of carbonyl (C=O) groups is 2. The summed E-state index contributed by atoms with van der Waals surface area (Å²) in [4.78, 5) is 22.7. The standard InChI is InChI=1S/C18H19NO3.Na/c1-13-6-8-14(9-7-13)10-11-17(20)19-16-5-3-2-4-15(16)12-18(21)22;/h2-9H,10-12H2,1H3,(H,19,20)(H,21,22);/q;+1/p-1. The molecule has 0 atom stereocenters. The van der Waals surface area contributed by atoms with Crippen molar-refractivity contribution in [1.29, 1.82) is 0 Å². The van der Waals surface area contributed by atoms with Crippen LogP contribution in [0.1, 0.15) is 23.1 Å². The minimum atomic E-state index is -1.17. The van der Waals surface area contributed by atoms with E-state index in [4.69, 9.17) is 0 Å². The summed E-state index contributed by atoms with van der Waals surface area (Å²) in [5, 5.41) is 13.5. The molecule has 0 aromatic heterocycles. The molecule has 0 aliphatic rings. The Morgan fingerprint density at radius 2 is 1.70 bits per heavy atom. The van der Waals surface area contributed by atoms with E-state index in [-0.39, 0.29) is 41.9 Å². The maximum Gasteiger partial charge on any atom is 1.00 e. The molecule has 0 saturated heterocycles. The number of anilines is 1. The maximum absolute atomic E-state index is 12.0. The number of carbonyl (C=O) groups excluding carboxylic acids is 2. The average Bonchev–Trinajstić information content (AvgIpc) is 2.48. The zero-order valence-corrected chi connectivity index (χ0v) is 15.5. The molecule has 0 heterocycles. The van der Waals surface area contributed by atoms with E-state index in [1.54, 1.807) is 24.3 Å². The molecule has 4 nitrogen and oxygen atoms in total. The Bertz CT molecular complexity index is 668. The molecule has 2 aromatic rings. The van der Waals surface area contributed by atoms with E-state index >= 15 is 0 Å². The van der Waals surface area contributed by atoms with Gasteiger partial charge in [0.25, 0.3) is 0 Å². The van der Waals surface area contributed by atoms with Crippen molar-refractivity contribution < 1.29 is 44.3 Å². The number of benzene rings is 2. The van der Waals surface area contributed by atoms with Crippen LogP contribution in [0.2, 0.25) is 0 Å². The van der Waals surface area contributed by atoms with Crippen LogP contribution in [-0.4, -0.2) is 11.9 Å². The van der Waals surface area contributed by atoms with Gasteiger partial charge in [0.2, 0.25) is 5.91 Å². The van der Waals surface area contributed by atoms with Crippen molar-refractivity contribution in [1.82, 2.24) is 0 Å². The van der Waals surface area contributed by atoms with Crippen LogP contribution >= 0.6 is 0 Å². The molecule has 0 saturated carbocycles. The molecule has 0 unspecified atom stereocenters. The number of carboxylic acids is 1. The summed E-state index contributed by atoms with van der Waals surface area (Å²) in [5.74, 6) is -1.30. The molecule has 0 spiro atoms. The van der Waals surface area contributed by atoms with E-state index in [1.165, 1.54) is 5.56 Å². The second-order valence-electron chi connectivity index (χ2n) is 5.24. The maximum atomic E-state index is 12.0. The van der Waals surface area contributed by atoms with Gasteiger partial charge < -0.3 is 15.2 Å². The first-order valence-electron chi connectivity index (χ1n) is 7.18. The predicted molar refractivity (Wildman–Crippen MR) is 83.3 cm³/mol. The molecule has 23 heavy (non-hydrogen) atoms. The smallest absolute Gasteiger partial charge is 0.550 e. The topological polar surface area (TPSA) is 69.2 Å². The second kappa shape index (κ2) is 9.50. The van der Waals surface area contributed by atoms with E-state index in [0.29, 0.717) is 24.1 Å². The summed E-state index contributed by atoms with van der Waals surface area (Å²) in [5.41, 5.74) is 3.36. The molecule has 0 aliphatic carbocycles. The molecule has 5 heteroatoms. The minimum absolute atomic E-state index is 0. The van der Waals surface area contributed by atoms with Gasteiger partial charge >= 0.3 is 29.6 Å². The van der Waals surface area contributed by atoms with Crippen LogP contribution in [0.5, 0.6) is 0 Å². The van der Waals surface area contributed by atoms with Gasteiger partial charge in [-0.1, -0.05) is 48.0 Å². The molecule has 2 rings (SSSR count). The van der Waals surface area contributed by atoms with Crippen LogP contribution in [0.3, 0.4) is 0 Å². The van der Waals surface area contributed by atoms with Gasteiger partial charge in [0.05, 0.1) is 0 Å². The third kappa shape index (κ3) is 6.57. The molecular formula is C18H18NNaO3. The Kier molecular flexibility index (Phi) is 8.03. The van der Waals surface area contributed by atoms with Crippen molar-refractivity contribution in [2.24, 2.45) is 0 Å². The third-order valence-electron chi connectivity index (χ3n) is 3.39. The predicted octanol–water partition coefficient (Wildman–Crippen LogP) is -1.14. The number of rotatable bonds is 6. The van der Waals surface area contributed by atoms with Gasteiger partial charge in [-0.15, -0.1) is 0 Å². The number of aryl methyl sites for hydroxylation is 2. The fraction of sp³-hybridized carbons (Fsp3) is 0.222. The number of hydrogen-bond donors (Lipinski definition) is 1. The van der Waals surface area contributed by atoms with Crippen molar-refractivity contribution in [3.8, 4) is 0 Å². The molecule has 114 valence electrons.